The van der Waals surface area contributed by atoms with Gasteiger partial charge in [0, 0.05) is 43.1 Å². The number of piperazine rings is 1. The van der Waals surface area contributed by atoms with Crippen LogP contribution in [0.3, 0.4) is 0 Å². The Bertz CT molecular complexity index is 2540. The van der Waals surface area contributed by atoms with Crippen LogP contribution < -0.4 is 19.1 Å². The lowest BCUT2D eigenvalue weighted by atomic mass is 9.95. The van der Waals surface area contributed by atoms with Crippen LogP contribution in [0.5, 0.6) is 17.6 Å². The Morgan fingerprint density at radius 1 is 1.00 bits per heavy atom. The second-order valence-electron chi connectivity index (χ2n) is 20.8. The van der Waals surface area contributed by atoms with Crippen molar-refractivity contribution in [2.45, 2.75) is 146 Å². The topological polar surface area (TPSA) is 112 Å². The molecule has 0 unspecified atom stereocenters. The smallest absolute Gasteiger partial charge is 0.410 e. The van der Waals surface area contributed by atoms with Crippen LogP contribution in [0, 0.1) is 17.3 Å². The number of hydrogen-bond donors (Lipinski definition) is 0. The molecule has 0 spiro atoms. The summed E-state index contributed by atoms with van der Waals surface area (Å²) in [4.78, 5) is 34.9. The molecular weight excluding hydrogens is 847 g/mol. The molecule has 2 aromatic heterocycles. The predicted molar refractivity (Wildman–Crippen MR) is 251 cm³/mol. The highest BCUT2D eigenvalue weighted by Crippen LogP contribution is 2.48. The standard InChI is InChI=1S/C50H64F2N6O6Si/c1-29(2)65(30(3)4,31(5)6)20-17-32-13-11-14-33-21-36(63-28-60-10)22-37(40(32)33)43-42(52)44-41-45(55-47(54-44)62-27-50-18-12-19-56(50)24-34(51)23-50)57-25-35-15-16-38(39(57)26-61-46(41)53-43)58(35)48(59)64-49(7,8)9/h11,13-14,21-22,29-31,34-35,38-39H,12,15-16,18-19,23-28H2,1-10H3/t34-,35-,38-,39-,50-/m0/s1. The number of nitrogens with zero attached hydrogens (tertiary/aromatic N) is 6. The van der Waals surface area contributed by atoms with Crippen LogP contribution in [0.1, 0.15) is 100.0 Å². The van der Waals surface area contributed by atoms with Gasteiger partial charge in [0.1, 0.15) is 61.2 Å². The summed E-state index contributed by atoms with van der Waals surface area (Å²) in [6.45, 7) is 21.2. The van der Waals surface area contributed by atoms with Crippen LogP contribution in [0.4, 0.5) is 19.4 Å². The van der Waals surface area contributed by atoms with Crippen molar-refractivity contribution < 1.29 is 37.3 Å². The molecule has 348 valence electrons. The average Bonchev–Trinajstić information content (AvgIpc) is 3.85. The first-order chi connectivity index (χ1) is 30.9. The first-order valence-electron chi connectivity index (χ1n) is 23.5. The van der Waals surface area contributed by atoms with Crippen molar-refractivity contribution in [3.05, 3.63) is 41.7 Å². The van der Waals surface area contributed by atoms with Gasteiger partial charge in [0.2, 0.25) is 5.88 Å². The van der Waals surface area contributed by atoms with E-state index in [2.05, 4.69) is 62.8 Å². The number of fused-ring (bicyclic) bond motifs is 7. The molecule has 2 bridgehead atoms. The summed E-state index contributed by atoms with van der Waals surface area (Å²) in [6, 6.07) is 8.82. The number of benzene rings is 2. The molecule has 0 radical (unpaired) electrons. The summed E-state index contributed by atoms with van der Waals surface area (Å²) in [5, 5.41) is 1.85. The molecule has 2 aromatic carbocycles. The minimum absolute atomic E-state index is 0.00564. The van der Waals surface area contributed by atoms with Gasteiger partial charge in [-0.2, -0.15) is 9.97 Å². The van der Waals surface area contributed by atoms with Crippen molar-refractivity contribution in [2.24, 2.45) is 0 Å². The molecule has 0 saturated carbocycles. The zero-order chi connectivity index (χ0) is 46.2. The molecule has 5 aliphatic rings. The lowest BCUT2D eigenvalue weighted by molar-refractivity contribution is 0.00537. The molecule has 9 rings (SSSR count). The van der Waals surface area contributed by atoms with Gasteiger partial charge in [-0.25, -0.2) is 18.6 Å². The monoisotopic (exact) mass is 910 g/mol. The number of rotatable bonds is 10. The number of aromatic nitrogens is 3. The van der Waals surface area contributed by atoms with Crippen LogP contribution >= 0.6 is 0 Å². The van der Waals surface area contributed by atoms with E-state index in [4.69, 9.17) is 38.6 Å². The normalized spacial score (nSPS) is 24.0. The van der Waals surface area contributed by atoms with Gasteiger partial charge in [-0.05, 0) is 93.2 Å². The van der Waals surface area contributed by atoms with E-state index in [1.807, 2.05) is 49.9 Å². The minimum Gasteiger partial charge on any atom is -0.475 e. The number of carbonyl (C=O) groups is 1. The highest BCUT2D eigenvalue weighted by Gasteiger charge is 2.53. The maximum absolute atomic E-state index is 18.1. The van der Waals surface area contributed by atoms with Gasteiger partial charge >= 0.3 is 12.1 Å². The summed E-state index contributed by atoms with van der Waals surface area (Å²) in [7, 11) is -0.624. The Morgan fingerprint density at radius 2 is 1.77 bits per heavy atom. The second-order valence-corrected chi connectivity index (χ2v) is 26.4. The van der Waals surface area contributed by atoms with Gasteiger partial charge in [0.05, 0.1) is 23.7 Å². The third-order valence-corrected chi connectivity index (χ3v) is 21.1. The molecule has 0 N–H and O–H groups in total. The van der Waals surface area contributed by atoms with E-state index in [9.17, 15) is 9.18 Å². The van der Waals surface area contributed by atoms with Gasteiger partial charge in [-0.1, -0.05) is 59.6 Å². The lowest BCUT2D eigenvalue weighted by Crippen LogP contribution is -2.63. The summed E-state index contributed by atoms with van der Waals surface area (Å²) < 4.78 is 63.6. The van der Waals surface area contributed by atoms with Crippen LogP contribution in [0.15, 0.2) is 30.3 Å². The number of carbonyl (C=O) groups excluding carboxylic acids is 1. The maximum Gasteiger partial charge on any atom is 0.410 e. The maximum atomic E-state index is 18.1. The lowest BCUT2D eigenvalue weighted by Gasteiger charge is -2.46. The van der Waals surface area contributed by atoms with Crippen LogP contribution in [0.25, 0.3) is 32.9 Å². The van der Waals surface area contributed by atoms with E-state index in [1.54, 1.807) is 13.2 Å². The molecule has 5 atom stereocenters. The summed E-state index contributed by atoms with van der Waals surface area (Å²) >= 11 is 0. The fraction of sp³-hybridized carbons (Fsp3) is 0.600. The SMILES string of the molecule is COCOc1cc(-c2nc3c4c(nc(OC[C@@]56CCCN5C[C@@H](F)C6)nc4c2F)N2C[C@@H]4CC[C@@H]([C@@H]2CO3)N4C(=O)OC(C)(C)C)c2c(C#C[Si](C(C)C)(C(C)C)C(C)C)cccc2c1. The number of ether oxygens (including phenoxy) is 5. The zero-order valence-corrected chi connectivity index (χ0v) is 40.6. The molecule has 5 aliphatic heterocycles. The van der Waals surface area contributed by atoms with Crippen molar-refractivity contribution >= 4 is 41.7 Å². The number of alkyl halides is 1. The fourth-order valence-electron chi connectivity index (χ4n) is 12.1. The number of anilines is 1. The van der Waals surface area contributed by atoms with Gasteiger partial charge in [-0.3, -0.25) is 9.80 Å². The third kappa shape index (κ3) is 7.94. The molecule has 4 aromatic rings. The highest BCUT2D eigenvalue weighted by atomic mass is 28.3. The molecular formula is C50H64F2N6O6Si. The summed E-state index contributed by atoms with van der Waals surface area (Å²) in [5.74, 6) is 4.05. The quantitative estimate of drug-likeness (QED) is 0.0862. The summed E-state index contributed by atoms with van der Waals surface area (Å²) in [5.41, 5.74) is 5.18. The van der Waals surface area contributed by atoms with Crippen molar-refractivity contribution in [1.82, 2.24) is 24.8 Å². The molecule has 12 nitrogen and oxygen atoms in total. The minimum atomic E-state index is -2.17. The summed E-state index contributed by atoms with van der Waals surface area (Å²) in [6.07, 6.45) is 2.29. The van der Waals surface area contributed by atoms with Crippen molar-refractivity contribution in [2.75, 3.05) is 51.7 Å². The number of methoxy groups -OCH3 is 1. The van der Waals surface area contributed by atoms with E-state index in [0.717, 1.165) is 48.6 Å². The van der Waals surface area contributed by atoms with Gasteiger partial charge in [0.15, 0.2) is 12.6 Å². The van der Waals surface area contributed by atoms with E-state index in [1.165, 1.54) is 0 Å². The first kappa shape index (κ1) is 45.4. The molecule has 0 aliphatic carbocycles. The van der Waals surface area contributed by atoms with Crippen molar-refractivity contribution in [1.29, 1.82) is 0 Å². The third-order valence-electron chi connectivity index (χ3n) is 14.8. The van der Waals surface area contributed by atoms with Gasteiger partial charge < -0.3 is 28.6 Å². The van der Waals surface area contributed by atoms with E-state index in [0.29, 0.717) is 58.7 Å². The Kier molecular flexibility index (Phi) is 12.0. The fourth-order valence-corrected chi connectivity index (χ4v) is 17.3. The number of amides is 1. The second kappa shape index (κ2) is 17.1. The molecule has 1 amide bonds. The predicted octanol–water partition coefficient (Wildman–Crippen LogP) is 9.84. The Labute approximate surface area is 382 Å². The van der Waals surface area contributed by atoms with E-state index >= 15 is 4.39 Å². The number of hydrogen-bond acceptors (Lipinski definition) is 11. The van der Waals surface area contributed by atoms with Crippen molar-refractivity contribution in [3.63, 3.8) is 0 Å². The Hall–Kier alpha value is -4.78. The van der Waals surface area contributed by atoms with Crippen molar-refractivity contribution in [3.8, 4) is 40.4 Å². The molecule has 4 fully saturated rings. The number of halogens is 2. The van der Waals surface area contributed by atoms with Gasteiger partial charge in [-0.15, -0.1) is 5.54 Å². The molecule has 7 heterocycles. The number of pyridine rings is 1. The first-order valence-corrected chi connectivity index (χ1v) is 25.7. The Morgan fingerprint density at radius 3 is 2.49 bits per heavy atom. The molecule has 15 heteroatoms. The molecule has 4 saturated heterocycles. The van der Waals surface area contributed by atoms with E-state index in [-0.39, 0.29) is 67.3 Å². The zero-order valence-electron chi connectivity index (χ0n) is 39.6. The Balaban J connectivity index is 1.23. The van der Waals surface area contributed by atoms with Crippen LogP contribution in [-0.4, -0.2) is 121 Å². The van der Waals surface area contributed by atoms with Crippen LogP contribution in [0.2, 0.25) is 16.6 Å². The van der Waals surface area contributed by atoms with Crippen LogP contribution in [-0.2, 0) is 9.47 Å². The molecule has 65 heavy (non-hydrogen) atoms. The van der Waals surface area contributed by atoms with Gasteiger partial charge in [0.25, 0.3) is 0 Å². The average molecular weight is 911 g/mol. The highest BCUT2D eigenvalue weighted by molar-refractivity contribution is 6.90. The van der Waals surface area contributed by atoms with E-state index < -0.39 is 31.2 Å². The largest absolute Gasteiger partial charge is 0.475 e.